The van der Waals surface area contributed by atoms with Gasteiger partial charge in [-0.05, 0) is 12.3 Å². The van der Waals surface area contributed by atoms with Crippen molar-refractivity contribution in [1.82, 2.24) is 0 Å². The lowest BCUT2D eigenvalue weighted by atomic mass is 10.0. The zero-order valence-electron chi connectivity index (χ0n) is 11.2. The molecule has 0 aliphatic carbocycles. The van der Waals surface area contributed by atoms with E-state index in [9.17, 15) is 4.79 Å². The van der Waals surface area contributed by atoms with Crippen LogP contribution < -0.4 is 0 Å². The molecule has 0 saturated carbocycles. The molecule has 1 aliphatic rings. The van der Waals surface area contributed by atoms with Gasteiger partial charge in [-0.2, -0.15) is 0 Å². The molecule has 0 aromatic rings. The molecule has 1 saturated heterocycles. The van der Waals surface area contributed by atoms with Gasteiger partial charge in [-0.15, -0.1) is 0 Å². The van der Waals surface area contributed by atoms with E-state index >= 15 is 0 Å². The summed E-state index contributed by atoms with van der Waals surface area (Å²) in [7, 11) is 0. The first-order chi connectivity index (χ1) is 8.18. The summed E-state index contributed by atoms with van der Waals surface area (Å²) in [6.07, 6.45) is 8.05. The minimum absolute atomic E-state index is 0.0670. The maximum absolute atomic E-state index is 11.3. The molecule has 3 nitrogen and oxygen atoms in total. The Morgan fingerprint density at radius 2 is 1.88 bits per heavy atom. The maximum Gasteiger partial charge on any atom is 0.305 e. The van der Waals surface area contributed by atoms with Crippen LogP contribution in [0.2, 0.25) is 0 Å². The van der Waals surface area contributed by atoms with Gasteiger partial charge in [0.25, 0.3) is 0 Å². The largest absolute Gasteiger partial charge is 0.463 e. The lowest BCUT2D eigenvalue weighted by Gasteiger charge is -2.04. The van der Waals surface area contributed by atoms with Crippen LogP contribution in [0.25, 0.3) is 0 Å². The van der Waals surface area contributed by atoms with Gasteiger partial charge in [0, 0.05) is 6.42 Å². The van der Waals surface area contributed by atoms with E-state index in [-0.39, 0.29) is 12.1 Å². The third kappa shape index (κ3) is 9.16. The Morgan fingerprint density at radius 1 is 1.24 bits per heavy atom. The van der Waals surface area contributed by atoms with Crippen molar-refractivity contribution in [2.24, 2.45) is 5.92 Å². The number of esters is 1. The van der Waals surface area contributed by atoms with Crippen molar-refractivity contribution in [3.8, 4) is 0 Å². The second-order valence-electron chi connectivity index (χ2n) is 5.34. The molecule has 0 bridgehead atoms. The van der Waals surface area contributed by atoms with Crippen molar-refractivity contribution in [3.05, 3.63) is 0 Å². The van der Waals surface area contributed by atoms with Crippen LogP contribution >= 0.6 is 0 Å². The van der Waals surface area contributed by atoms with Crippen LogP contribution in [-0.4, -0.2) is 25.3 Å². The first-order valence-corrected chi connectivity index (χ1v) is 6.95. The van der Waals surface area contributed by atoms with E-state index in [0.29, 0.717) is 13.0 Å². The molecule has 1 aliphatic heterocycles. The number of unbranched alkanes of at least 4 members (excludes halogenated alkanes) is 4. The molecule has 17 heavy (non-hydrogen) atoms. The zero-order chi connectivity index (χ0) is 12.5. The van der Waals surface area contributed by atoms with Crippen molar-refractivity contribution in [2.45, 2.75) is 64.9 Å². The number of hydrogen-bond donors (Lipinski definition) is 0. The van der Waals surface area contributed by atoms with Crippen molar-refractivity contribution >= 4 is 5.97 Å². The molecule has 0 aromatic heterocycles. The molecule has 1 rings (SSSR count). The second kappa shape index (κ2) is 8.51. The summed E-state index contributed by atoms with van der Waals surface area (Å²) in [5.74, 6) is 0.748. The molecular weight excluding hydrogens is 216 g/mol. The van der Waals surface area contributed by atoms with Gasteiger partial charge in [0.05, 0.1) is 6.61 Å². The van der Waals surface area contributed by atoms with E-state index in [1.54, 1.807) is 0 Å². The second-order valence-corrected chi connectivity index (χ2v) is 5.34. The number of hydrogen-bond acceptors (Lipinski definition) is 3. The van der Waals surface area contributed by atoms with E-state index in [2.05, 4.69) is 13.8 Å². The third-order valence-electron chi connectivity index (χ3n) is 2.99. The van der Waals surface area contributed by atoms with Crippen LogP contribution in [0.4, 0.5) is 0 Å². The van der Waals surface area contributed by atoms with Crippen LogP contribution in [0.15, 0.2) is 0 Å². The average molecular weight is 242 g/mol. The fourth-order valence-electron chi connectivity index (χ4n) is 1.77. The van der Waals surface area contributed by atoms with Gasteiger partial charge in [0.2, 0.25) is 0 Å². The van der Waals surface area contributed by atoms with Crippen LogP contribution in [-0.2, 0) is 14.3 Å². The maximum atomic E-state index is 11.3. The fourth-order valence-corrected chi connectivity index (χ4v) is 1.77. The van der Waals surface area contributed by atoms with Crippen molar-refractivity contribution in [2.75, 3.05) is 13.2 Å². The summed E-state index contributed by atoms with van der Waals surface area (Å²) in [6.45, 7) is 5.73. The summed E-state index contributed by atoms with van der Waals surface area (Å²) < 4.78 is 10.0. The number of epoxide rings is 1. The number of carbonyl (C=O) groups excluding carboxylic acids is 1. The molecule has 0 aromatic carbocycles. The summed E-state index contributed by atoms with van der Waals surface area (Å²) in [5, 5.41) is 0. The van der Waals surface area contributed by atoms with Gasteiger partial charge in [0.1, 0.15) is 12.7 Å². The highest BCUT2D eigenvalue weighted by molar-refractivity contribution is 5.69. The van der Waals surface area contributed by atoms with Crippen LogP contribution in [0.5, 0.6) is 0 Å². The average Bonchev–Trinajstić information content (AvgIpc) is 3.08. The van der Waals surface area contributed by atoms with E-state index in [0.717, 1.165) is 25.4 Å². The van der Waals surface area contributed by atoms with Crippen molar-refractivity contribution in [3.63, 3.8) is 0 Å². The summed E-state index contributed by atoms with van der Waals surface area (Å²) >= 11 is 0. The Morgan fingerprint density at radius 3 is 2.53 bits per heavy atom. The monoisotopic (exact) mass is 242 g/mol. The Labute approximate surface area is 105 Å². The molecule has 0 unspecified atom stereocenters. The standard InChI is InChI=1S/C14H26O3/c1-12(2)8-6-4-3-5-7-9-14(15)17-11-13-10-16-13/h12-13H,3-11H2,1-2H3/t13-/m0/s1. The number of rotatable bonds is 10. The number of ether oxygens (including phenoxy) is 2. The van der Waals surface area contributed by atoms with Gasteiger partial charge in [0.15, 0.2) is 0 Å². The highest BCUT2D eigenvalue weighted by Gasteiger charge is 2.23. The van der Waals surface area contributed by atoms with Gasteiger partial charge in [-0.1, -0.05) is 46.0 Å². The smallest absolute Gasteiger partial charge is 0.305 e. The van der Waals surface area contributed by atoms with Gasteiger partial charge in [-0.3, -0.25) is 4.79 Å². The van der Waals surface area contributed by atoms with Gasteiger partial charge >= 0.3 is 5.97 Å². The molecule has 0 N–H and O–H groups in total. The Hall–Kier alpha value is -0.570. The lowest BCUT2D eigenvalue weighted by molar-refractivity contribution is -0.144. The quantitative estimate of drug-likeness (QED) is 0.335. The van der Waals surface area contributed by atoms with E-state index in [1.807, 2.05) is 0 Å². The first kappa shape index (κ1) is 14.5. The summed E-state index contributed by atoms with van der Waals surface area (Å²) in [4.78, 5) is 11.3. The molecule has 3 heteroatoms. The molecule has 0 radical (unpaired) electrons. The topological polar surface area (TPSA) is 38.8 Å². The SMILES string of the molecule is CC(C)CCCCCCCC(=O)OC[C@@H]1CO1. The van der Waals surface area contributed by atoms with E-state index in [4.69, 9.17) is 9.47 Å². The molecule has 1 atom stereocenters. The predicted octanol–water partition coefficient (Wildman–Crippen LogP) is 3.32. The highest BCUT2D eigenvalue weighted by Crippen LogP contribution is 2.12. The van der Waals surface area contributed by atoms with Crippen molar-refractivity contribution < 1.29 is 14.3 Å². The minimum atomic E-state index is -0.0670. The third-order valence-corrected chi connectivity index (χ3v) is 2.99. The van der Waals surface area contributed by atoms with E-state index in [1.165, 1.54) is 25.7 Å². The van der Waals surface area contributed by atoms with Crippen molar-refractivity contribution in [1.29, 1.82) is 0 Å². The Bertz CT molecular complexity index is 210. The van der Waals surface area contributed by atoms with Crippen LogP contribution in [0, 0.1) is 5.92 Å². The fraction of sp³-hybridized carbons (Fsp3) is 0.929. The van der Waals surface area contributed by atoms with E-state index < -0.39 is 0 Å². The first-order valence-electron chi connectivity index (χ1n) is 6.95. The molecule has 1 fully saturated rings. The van der Waals surface area contributed by atoms with Gasteiger partial charge in [-0.25, -0.2) is 0 Å². The molecule has 0 spiro atoms. The molecular formula is C14H26O3. The highest BCUT2D eigenvalue weighted by atomic mass is 16.6. The van der Waals surface area contributed by atoms with Crippen LogP contribution in [0.3, 0.4) is 0 Å². The van der Waals surface area contributed by atoms with Gasteiger partial charge < -0.3 is 9.47 Å². The summed E-state index contributed by atoms with van der Waals surface area (Å²) in [5.41, 5.74) is 0. The zero-order valence-corrected chi connectivity index (χ0v) is 11.2. The normalized spacial score (nSPS) is 18.4. The molecule has 1 heterocycles. The molecule has 0 amide bonds. The molecule has 100 valence electrons. The number of carbonyl (C=O) groups is 1. The summed E-state index contributed by atoms with van der Waals surface area (Å²) in [6, 6.07) is 0. The predicted molar refractivity (Wildman–Crippen MR) is 67.9 cm³/mol. The lowest BCUT2D eigenvalue weighted by Crippen LogP contribution is -2.09. The minimum Gasteiger partial charge on any atom is -0.463 e. The Kier molecular flexibility index (Phi) is 7.25. The van der Waals surface area contributed by atoms with Crippen LogP contribution in [0.1, 0.15) is 58.8 Å². The Balaban J connectivity index is 1.77.